The molecule has 3 N–H and O–H groups in total. The van der Waals surface area contributed by atoms with Crippen molar-refractivity contribution in [1.82, 2.24) is 10.3 Å². The SMILES string of the molecule is CC(=O)Nc1ccc(NC(=O)c2cc(C(=O)NC3CCCCC3)ccn2)cc1. The molecule has 7 heteroatoms. The van der Waals surface area contributed by atoms with E-state index in [2.05, 4.69) is 20.9 Å². The van der Waals surface area contributed by atoms with Crippen LogP contribution in [-0.2, 0) is 4.79 Å². The van der Waals surface area contributed by atoms with Crippen molar-refractivity contribution in [2.24, 2.45) is 0 Å². The second-order valence-electron chi connectivity index (χ2n) is 6.95. The second-order valence-corrected chi connectivity index (χ2v) is 6.95. The van der Waals surface area contributed by atoms with Gasteiger partial charge in [-0.1, -0.05) is 19.3 Å². The van der Waals surface area contributed by atoms with E-state index in [1.807, 2.05) is 0 Å². The molecule has 1 saturated carbocycles. The summed E-state index contributed by atoms with van der Waals surface area (Å²) in [6.45, 7) is 1.43. The van der Waals surface area contributed by atoms with Crippen molar-refractivity contribution in [3.63, 3.8) is 0 Å². The molecule has 1 fully saturated rings. The van der Waals surface area contributed by atoms with Crippen LogP contribution in [0, 0.1) is 0 Å². The van der Waals surface area contributed by atoms with Crippen LogP contribution in [0.3, 0.4) is 0 Å². The maximum atomic E-state index is 12.5. The summed E-state index contributed by atoms with van der Waals surface area (Å²) in [5.74, 6) is -0.744. The molecule has 28 heavy (non-hydrogen) atoms. The number of pyridine rings is 1. The Morgan fingerprint density at radius 2 is 1.54 bits per heavy atom. The Balaban J connectivity index is 1.63. The minimum Gasteiger partial charge on any atom is -0.349 e. The van der Waals surface area contributed by atoms with Gasteiger partial charge in [-0.15, -0.1) is 0 Å². The lowest BCUT2D eigenvalue weighted by Crippen LogP contribution is -2.36. The van der Waals surface area contributed by atoms with E-state index < -0.39 is 5.91 Å². The van der Waals surface area contributed by atoms with Crippen LogP contribution >= 0.6 is 0 Å². The number of amides is 3. The van der Waals surface area contributed by atoms with Gasteiger partial charge in [0.05, 0.1) is 0 Å². The summed E-state index contributed by atoms with van der Waals surface area (Å²) in [6.07, 6.45) is 6.95. The van der Waals surface area contributed by atoms with E-state index in [0.717, 1.165) is 25.7 Å². The molecule has 1 aromatic carbocycles. The number of anilines is 2. The Labute approximate surface area is 163 Å². The maximum Gasteiger partial charge on any atom is 0.274 e. The van der Waals surface area contributed by atoms with Crippen LogP contribution in [0.15, 0.2) is 42.6 Å². The highest BCUT2D eigenvalue weighted by Gasteiger charge is 2.18. The van der Waals surface area contributed by atoms with Crippen molar-refractivity contribution in [2.75, 3.05) is 10.6 Å². The summed E-state index contributed by atoms with van der Waals surface area (Å²) in [5, 5.41) is 8.44. The summed E-state index contributed by atoms with van der Waals surface area (Å²) < 4.78 is 0. The average molecular weight is 380 g/mol. The van der Waals surface area contributed by atoms with Crippen LogP contribution in [0.25, 0.3) is 0 Å². The highest BCUT2D eigenvalue weighted by Crippen LogP contribution is 2.18. The summed E-state index contributed by atoms with van der Waals surface area (Å²) in [7, 11) is 0. The van der Waals surface area contributed by atoms with Gasteiger partial charge in [-0.3, -0.25) is 19.4 Å². The Bertz CT molecular complexity index is 858. The van der Waals surface area contributed by atoms with Crippen molar-refractivity contribution >= 4 is 29.1 Å². The number of benzene rings is 1. The van der Waals surface area contributed by atoms with Gasteiger partial charge in [0, 0.05) is 36.1 Å². The van der Waals surface area contributed by atoms with Crippen molar-refractivity contribution in [1.29, 1.82) is 0 Å². The smallest absolute Gasteiger partial charge is 0.274 e. The highest BCUT2D eigenvalue weighted by atomic mass is 16.2. The third-order valence-electron chi connectivity index (χ3n) is 4.66. The van der Waals surface area contributed by atoms with Gasteiger partial charge in [-0.2, -0.15) is 0 Å². The lowest BCUT2D eigenvalue weighted by atomic mass is 9.95. The predicted molar refractivity (Wildman–Crippen MR) is 107 cm³/mol. The molecule has 146 valence electrons. The lowest BCUT2D eigenvalue weighted by molar-refractivity contribution is -0.114. The molecule has 3 rings (SSSR count). The first kappa shape index (κ1) is 19.5. The minimum absolute atomic E-state index is 0.163. The second kappa shape index (κ2) is 9.12. The largest absolute Gasteiger partial charge is 0.349 e. The van der Waals surface area contributed by atoms with Crippen molar-refractivity contribution < 1.29 is 14.4 Å². The molecule has 0 radical (unpaired) electrons. The predicted octanol–water partition coefficient (Wildman–Crippen LogP) is 3.35. The zero-order valence-corrected chi connectivity index (χ0v) is 15.8. The topological polar surface area (TPSA) is 100 Å². The molecule has 1 aliphatic carbocycles. The molecule has 0 aliphatic heterocycles. The first-order valence-electron chi connectivity index (χ1n) is 9.47. The van der Waals surface area contributed by atoms with Gasteiger partial charge < -0.3 is 16.0 Å². The van der Waals surface area contributed by atoms with E-state index in [9.17, 15) is 14.4 Å². The first-order valence-corrected chi connectivity index (χ1v) is 9.47. The summed E-state index contributed by atoms with van der Waals surface area (Å²) >= 11 is 0. The van der Waals surface area contributed by atoms with Crippen molar-refractivity contribution in [2.45, 2.75) is 45.1 Å². The molecule has 0 unspecified atom stereocenters. The first-order chi connectivity index (χ1) is 13.5. The molecule has 0 saturated heterocycles. The Hall–Kier alpha value is -3.22. The van der Waals surface area contributed by atoms with Crippen molar-refractivity contribution in [3.8, 4) is 0 Å². The van der Waals surface area contributed by atoms with Crippen molar-refractivity contribution in [3.05, 3.63) is 53.9 Å². The Morgan fingerprint density at radius 3 is 2.18 bits per heavy atom. The molecule has 1 heterocycles. The third-order valence-corrected chi connectivity index (χ3v) is 4.66. The monoisotopic (exact) mass is 380 g/mol. The molecule has 0 spiro atoms. The standard InChI is InChI=1S/C21H24N4O3/c1-14(26)23-17-7-9-18(10-8-17)25-21(28)19-13-15(11-12-22-19)20(27)24-16-5-3-2-4-6-16/h7-13,16H,2-6H2,1H3,(H,23,26)(H,24,27)(H,25,28). The summed E-state index contributed by atoms with van der Waals surface area (Å²) in [6, 6.07) is 10.1. The van der Waals surface area contributed by atoms with Gasteiger partial charge in [-0.25, -0.2) is 0 Å². The van der Waals surface area contributed by atoms with Gasteiger partial charge in [0.1, 0.15) is 5.69 Å². The zero-order valence-electron chi connectivity index (χ0n) is 15.8. The molecule has 0 bridgehead atoms. The van der Waals surface area contributed by atoms with Crippen LogP contribution in [0.4, 0.5) is 11.4 Å². The van der Waals surface area contributed by atoms with Crippen LogP contribution in [-0.4, -0.2) is 28.7 Å². The molecule has 1 aromatic heterocycles. The number of nitrogens with one attached hydrogen (secondary N) is 3. The normalized spacial score (nSPS) is 14.2. The fraction of sp³-hybridized carbons (Fsp3) is 0.333. The van der Waals surface area contributed by atoms with Gasteiger partial charge in [-0.05, 0) is 49.2 Å². The van der Waals surface area contributed by atoms with Crippen LogP contribution in [0.5, 0.6) is 0 Å². The summed E-state index contributed by atoms with van der Waals surface area (Å²) in [5.41, 5.74) is 1.80. The average Bonchev–Trinajstić information content (AvgIpc) is 2.70. The molecule has 2 aromatic rings. The Kier molecular flexibility index (Phi) is 6.37. The molecular weight excluding hydrogens is 356 g/mol. The highest BCUT2D eigenvalue weighted by molar-refractivity contribution is 6.05. The summed E-state index contributed by atoms with van der Waals surface area (Å²) in [4.78, 5) is 40.1. The fourth-order valence-corrected chi connectivity index (χ4v) is 3.25. The lowest BCUT2D eigenvalue weighted by Gasteiger charge is -2.22. The zero-order chi connectivity index (χ0) is 19.9. The number of carbonyl (C=O) groups excluding carboxylic acids is 3. The van der Waals surface area contributed by atoms with E-state index in [0.29, 0.717) is 16.9 Å². The fourth-order valence-electron chi connectivity index (χ4n) is 3.25. The quantitative estimate of drug-likeness (QED) is 0.740. The number of nitrogens with zero attached hydrogens (tertiary/aromatic N) is 1. The van der Waals surface area contributed by atoms with E-state index in [1.54, 1.807) is 30.3 Å². The van der Waals surface area contributed by atoms with E-state index >= 15 is 0 Å². The van der Waals surface area contributed by atoms with Gasteiger partial charge in [0.15, 0.2) is 0 Å². The number of hydrogen-bond acceptors (Lipinski definition) is 4. The van der Waals surface area contributed by atoms with Gasteiger partial charge in [0.2, 0.25) is 5.91 Å². The third kappa shape index (κ3) is 5.39. The number of carbonyl (C=O) groups is 3. The Morgan fingerprint density at radius 1 is 0.893 bits per heavy atom. The van der Waals surface area contributed by atoms with E-state index in [-0.39, 0.29) is 23.6 Å². The van der Waals surface area contributed by atoms with Crippen LogP contribution < -0.4 is 16.0 Å². The molecule has 7 nitrogen and oxygen atoms in total. The molecule has 3 amide bonds. The van der Waals surface area contributed by atoms with Gasteiger partial charge in [0.25, 0.3) is 11.8 Å². The minimum atomic E-state index is -0.403. The number of hydrogen-bond donors (Lipinski definition) is 3. The number of aromatic nitrogens is 1. The van der Waals surface area contributed by atoms with Gasteiger partial charge >= 0.3 is 0 Å². The maximum absolute atomic E-state index is 12.5. The molecule has 1 aliphatic rings. The molecular formula is C21H24N4O3. The number of rotatable bonds is 5. The molecule has 0 atom stereocenters. The van der Waals surface area contributed by atoms with E-state index in [1.165, 1.54) is 25.6 Å². The van der Waals surface area contributed by atoms with Crippen LogP contribution in [0.2, 0.25) is 0 Å². The van der Waals surface area contributed by atoms with Crippen LogP contribution in [0.1, 0.15) is 59.9 Å². The van der Waals surface area contributed by atoms with E-state index in [4.69, 9.17) is 0 Å².